The van der Waals surface area contributed by atoms with Gasteiger partial charge in [-0.15, -0.1) is 0 Å². The third kappa shape index (κ3) is 3.17. The molecule has 1 aliphatic carbocycles. The van der Waals surface area contributed by atoms with Gasteiger partial charge in [-0.25, -0.2) is 0 Å². The number of amides is 1. The van der Waals surface area contributed by atoms with Crippen molar-refractivity contribution in [1.29, 1.82) is 0 Å². The molecule has 1 saturated carbocycles. The second-order valence-corrected chi connectivity index (χ2v) is 6.00. The monoisotopic (exact) mass is 270 g/mol. The summed E-state index contributed by atoms with van der Waals surface area (Å²) in [7, 11) is 0. The average Bonchev–Trinajstić information content (AvgIpc) is 2.63. The minimum absolute atomic E-state index is 0.107. The van der Waals surface area contributed by atoms with Crippen molar-refractivity contribution >= 4 is 23.4 Å². The van der Waals surface area contributed by atoms with E-state index in [-0.39, 0.29) is 5.91 Å². The smallest absolute Gasteiger partial charge is 0.270 e. The lowest BCUT2D eigenvalue weighted by Gasteiger charge is -2.38. The Labute approximate surface area is 113 Å². The molecule has 6 heteroatoms. The van der Waals surface area contributed by atoms with Crippen LogP contribution in [0.1, 0.15) is 45.4 Å². The third-order valence-electron chi connectivity index (χ3n) is 3.57. The zero-order valence-corrected chi connectivity index (χ0v) is 11.9. The number of hydrogen-bond donors (Lipinski definition) is 3. The van der Waals surface area contributed by atoms with E-state index in [2.05, 4.69) is 21.2 Å². The van der Waals surface area contributed by atoms with Crippen LogP contribution in [-0.2, 0) is 4.79 Å². The molecule has 1 heterocycles. The first-order valence-corrected chi connectivity index (χ1v) is 7.84. The van der Waals surface area contributed by atoms with Crippen LogP contribution in [0, 0.1) is 0 Å². The van der Waals surface area contributed by atoms with Crippen LogP contribution < -0.4 is 16.1 Å². The Balaban J connectivity index is 2.02. The molecule has 18 heavy (non-hydrogen) atoms. The fourth-order valence-corrected chi connectivity index (χ4v) is 3.04. The van der Waals surface area contributed by atoms with Gasteiger partial charge in [-0.2, -0.15) is 5.10 Å². The maximum atomic E-state index is 11.7. The van der Waals surface area contributed by atoms with Crippen molar-refractivity contribution in [2.24, 2.45) is 5.10 Å². The zero-order chi connectivity index (χ0) is 13.0. The van der Waals surface area contributed by atoms with Crippen molar-refractivity contribution < 1.29 is 4.79 Å². The van der Waals surface area contributed by atoms with Gasteiger partial charge in [0.25, 0.3) is 5.91 Å². The molecule has 0 radical (unpaired) electrons. The number of carbonyl (C=O) groups excluding carboxylic acids is 1. The molecule has 1 atom stereocenters. The van der Waals surface area contributed by atoms with Crippen molar-refractivity contribution in [3.8, 4) is 0 Å². The van der Waals surface area contributed by atoms with Crippen LogP contribution in [-0.4, -0.2) is 29.0 Å². The Kier molecular flexibility index (Phi) is 4.50. The van der Waals surface area contributed by atoms with E-state index in [9.17, 15) is 4.79 Å². The highest BCUT2D eigenvalue weighted by atomic mass is 32.2. The summed E-state index contributed by atoms with van der Waals surface area (Å²) in [6.45, 7) is 1.71. The van der Waals surface area contributed by atoms with E-state index < -0.39 is 5.12 Å². The van der Waals surface area contributed by atoms with E-state index in [0.717, 1.165) is 0 Å². The largest absolute Gasteiger partial charge is 0.306 e. The van der Waals surface area contributed by atoms with Gasteiger partial charge in [0.15, 0.2) is 0 Å². The summed E-state index contributed by atoms with van der Waals surface area (Å²) in [5.41, 5.74) is 3.51. The Morgan fingerprint density at radius 2 is 2.00 bits per heavy atom. The Hall–Kier alpha value is -0.750. The van der Waals surface area contributed by atoms with E-state index >= 15 is 0 Å². The van der Waals surface area contributed by atoms with Gasteiger partial charge < -0.3 is 5.32 Å². The fraction of sp³-hybridized carbons (Fsp3) is 0.833. The molecule has 0 aromatic carbocycles. The van der Waals surface area contributed by atoms with E-state index in [1.165, 1.54) is 50.3 Å². The van der Waals surface area contributed by atoms with Crippen molar-refractivity contribution in [2.75, 3.05) is 6.26 Å². The average molecular weight is 270 g/mol. The molecular weight excluding hydrogens is 248 g/mol. The summed E-state index contributed by atoms with van der Waals surface area (Å²) in [5, 5.41) is 9.94. The van der Waals surface area contributed by atoms with Crippen molar-refractivity contribution in [3.05, 3.63) is 0 Å². The number of nitrogens with zero attached hydrogens (tertiary/aromatic N) is 1. The van der Waals surface area contributed by atoms with Crippen LogP contribution in [0.4, 0.5) is 0 Å². The molecule has 0 saturated heterocycles. The van der Waals surface area contributed by atoms with Crippen LogP contribution in [0.2, 0.25) is 0 Å². The van der Waals surface area contributed by atoms with E-state index in [4.69, 9.17) is 0 Å². The normalized spacial score (nSPS) is 30.1. The first-order valence-electron chi connectivity index (χ1n) is 6.62. The van der Waals surface area contributed by atoms with E-state index in [1.54, 1.807) is 6.92 Å². The van der Waals surface area contributed by atoms with Crippen molar-refractivity contribution in [2.45, 2.75) is 56.6 Å². The van der Waals surface area contributed by atoms with Crippen molar-refractivity contribution in [1.82, 2.24) is 16.1 Å². The fourth-order valence-electron chi connectivity index (χ4n) is 2.43. The number of nitrogens with one attached hydrogen (secondary N) is 3. The molecule has 3 N–H and O–H groups in total. The molecule has 5 nitrogen and oxygen atoms in total. The lowest BCUT2D eigenvalue weighted by molar-refractivity contribution is -0.117. The molecule has 1 aliphatic heterocycles. The first-order chi connectivity index (χ1) is 8.65. The summed E-state index contributed by atoms with van der Waals surface area (Å²) in [4.78, 5) is 11.7. The zero-order valence-electron chi connectivity index (χ0n) is 11.1. The molecule has 0 aromatic rings. The summed E-state index contributed by atoms with van der Waals surface area (Å²) in [5.74, 6) is -0.107. The van der Waals surface area contributed by atoms with E-state index in [1.807, 2.05) is 6.26 Å². The topological polar surface area (TPSA) is 65.5 Å². The van der Waals surface area contributed by atoms with Crippen LogP contribution in [0.25, 0.3) is 0 Å². The third-order valence-corrected chi connectivity index (χ3v) is 4.49. The number of hydrazone groups is 1. The minimum atomic E-state index is -0.647. The minimum Gasteiger partial charge on any atom is -0.306 e. The van der Waals surface area contributed by atoms with Crippen LogP contribution in [0.5, 0.6) is 0 Å². The second kappa shape index (κ2) is 5.93. The van der Waals surface area contributed by atoms with Crippen LogP contribution in [0.3, 0.4) is 0 Å². The highest BCUT2D eigenvalue weighted by molar-refractivity contribution is 7.99. The summed E-state index contributed by atoms with van der Waals surface area (Å²) < 4.78 is 0. The number of hydrogen-bond acceptors (Lipinski definition) is 5. The SMILES string of the molecule is CSC1(NC2CCCCCC2)NN=C(C)C(=O)N1. The van der Waals surface area contributed by atoms with E-state index in [0.29, 0.717) is 11.8 Å². The highest BCUT2D eigenvalue weighted by Crippen LogP contribution is 2.22. The van der Waals surface area contributed by atoms with Crippen molar-refractivity contribution in [3.63, 3.8) is 0 Å². The van der Waals surface area contributed by atoms with Gasteiger partial charge in [-0.1, -0.05) is 37.4 Å². The number of thioether (sulfide) groups is 1. The number of carbonyl (C=O) groups is 1. The van der Waals surface area contributed by atoms with Gasteiger partial charge in [-0.3, -0.25) is 15.5 Å². The standard InChI is InChI=1S/C12H22N4OS/c1-9-11(17)14-12(18-2,16-15-9)13-10-7-5-3-4-6-8-10/h10,13,16H,3-8H2,1-2H3,(H,14,17). The molecule has 1 amide bonds. The molecule has 2 rings (SSSR count). The molecule has 102 valence electrons. The Morgan fingerprint density at radius 3 is 2.56 bits per heavy atom. The maximum Gasteiger partial charge on any atom is 0.270 e. The van der Waals surface area contributed by atoms with Gasteiger partial charge in [-0.05, 0) is 26.0 Å². The molecule has 0 aromatic heterocycles. The number of rotatable bonds is 3. The van der Waals surface area contributed by atoms with Crippen LogP contribution in [0.15, 0.2) is 5.10 Å². The molecule has 1 unspecified atom stereocenters. The van der Waals surface area contributed by atoms with Crippen LogP contribution >= 0.6 is 11.8 Å². The summed E-state index contributed by atoms with van der Waals surface area (Å²) in [6, 6.07) is 0.446. The summed E-state index contributed by atoms with van der Waals surface area (Å²) >= 11 is 1.54. The van der Waals surface area contributed by atoms with Gasteiger partial charge in [0.1, 0.15) is 5.71 Å². The summed E-state index contributed by atoms with van der Waals surface area (Å²) in [6.07, 6.45) is 9.47. The molecule has 1 fully saturated rings. The maximum absolute atomic E-state index is 11.7. The molecular formula is C12H22N4OS. The molecule has 0 spiro atoms. The highest BCUT2D eigenvalue weighted by Gasteiger charge is 2.36. The molecule has 2 aliphatic rings. The molecule has 0 bridgehead atoms. The lowest BCUT2D eigenvalue weighted by atomic mass is 10.1. The Morgan fingerprint density at radius 1 is 1.33 bits per heavy atom. The predicted molar refractivity (Wildman–Crippen MR) is 75.3 cm³/mol. The Bertz CT molecular complexity index is 339. The van der Waals surface area contributed by atoms with Gasteiger partial charge in [0.2, 0.25) is 5.12 Å². The predicted octanol–water partition coefficient (Wildman–Crippen LogP) is 1.37. The van der Waals surface area contributed by atoms with Gasteiger partial charge in [0, 0.05) is 6.04 Å². The quantitative estimate of drug-likeness (QED) is 0.535. The second-order valence-electron chi connectivity index (χ2n) is 4.98. The first kappa shape index (κ1) is 13.7. The van der Waals surface area contributed by atoms with Gasteiger partial charge in [0.05, 0.1) is 0 Å². The van der Waals surface area contributed by atoms with Gasteiger partial charge >= 0.3 is 0 Å². The lowest BCUT2D eigenvalue weighted by Crippen LogP contribution is -2.69.